The summed E-state index contributed by atoms with van der Waals surface area (Å²) in [6, 6.07) is 5.66. The van der Waals surface area contributed by atoms with Crippen molar-refractivity contribution in [2.45, 2.75) is 26.0 Å². The van der Waals surface area contributed by atoms with Crippen molar-refractivity contribution in [1.82, 2.24) is 4.90 Å². The SMILES string of the molecule is COc1ccc(Cl)cc1CN1CCC(C)C(O)C1. The molecule has 0 saturated carbocycles. The smallest absolute Gasteiger partial charge is 0.123 e. The lowest BCUT2D eigenvalue weighted by atomic mass is 9.96. The van der Waals surface area contributed by atoms with E-state index in [0.29, 0.717) is 5.92 Å². The van der Waals surface area contributed by atoms with E-state index in [2.05, 4.69) is 11.8 Å². The molecule has 0 aromatic heterocycles. The maximum Gasteiger partial charge on any atom is 0.123 e. The van der Waals surface area contributed by atoms with Gasteiger partial charge in [0.25, 0.3) is 0 Å². The number of rotatable bonds is 3. The number of β-amino-alcohol motifs (C(OH)–C–C–N with tert-alkyl or cyclic N) is 1. The highest BCUT2D eigenvalue weighted by atomic mass is 35.5. The van der Waals surface area contributed by atoms with Crippen molar-refractivity contribution in [3.8, 4) is 5.75 Å². The summed E-state index contributed by atoms with van der Waals surface area (Å²) in [4.78, 5) is 2.25. The van der Waals surface area contributed by atoms with Crippen LogP contribution in [0.4, 0.5) is 0 Å². The van der Waals surface area contributed by atoms with Crippen LogP contribution < -0.4 is 4.74 Å². The van der Waals surface area contributed by atoms with Gasteiger partial charge in [-0.25, -0.2) is 0 Å². The standard InChI is InChI=1S/C14H20ClNO2/c1-10-5-6-16(9-13(10)17)8-11-7-12(15)3-4-14(11)18-2/h3-4,7,10,13,17H,5-6,8-9H2,1-2H3. The molecule has 1 N–H and O–H groups in total. The van der Waals surface area contributed by atoms with Crippen LogP contribution in [-0.4, -0.2) is 36.3 Å². The number of hydrogen-bond donors (Lipinski definition) is 1. The number of halogens is 1. The molecule has 0 amide bonds. The number of methoxy groups -OCH3 is 1. The van der Waals surface area contributed by atoms with Gasteiger partial charge in [-0.2, -0.15) is 0 Å². The van der Waals surface area contributed by atoms with Crippen LogP contribution in [0.3, 0.4) is 0 Å². The Hall–Kier alpha value is -0.770. The van der Waals surface area contributed by atoms with Gasteiger partial charge in [-0.3, -0.25) is 4.90 Å². The molecule has 1 aromatic carbocycles. The molecule has 1 aromatic rings. The number of aliphatic hydroxyl groups excluding tert-OH is 1. The summed E-state index contributed by atoms with van der Waals surface area (Å²) in [6.45, 7) is 4.60. The van der Waals surface area contributed by atoms with Gasteiger partial charge in [-0.05, 0) is 37.1 Å². The molecule has 1 aliphatic rings. The van der Waals surface area contributed by atoms with Gasteiger partial charge in [0.05, 0.1) is 13.2 Å². The summed E-state index contributed by atoms with van der Waals surface area (Å²) in [5, 5.41) is 10.6. The number of nitrogens with zero attached hydrogens (tertiary/aromatic N) is 1. The predicted octanol–water partition coefficient (Wildman–Crippen LogP) is 2.55. The number of hydrogen-bond acceptors (Lipinski definition) is 3. The van der Waals surface area contributed by atoms with E-state index in [1.165, 1.54) is 0 Å². The minimum atomic E-state index is -0.232. The van der Waals surface area contributed by atoms with E-state index >= 15 is 0 Å². The highest BCUT2D eigenvalue weighted by Gasteiger charge is 2.24. The number of aliphatic hydroxyl groups is 1. The molecule has 1 saturated heterocycles. The summed E-state index contributed by atoms with van der Waals surface area (Å²) >= 11 is 6.02. The third-order valence-corrected chi connectivity index (χ3v) is 3.87. The zero-order valence-corrected chi connectivity index (χ0v) is 11.7. The van der Waals surface area contributed by atoms with Crippen molar-refractivity contribution in [1.29, 1.82) is 0 Å². The molecular formula is C14H20ClNO2. The quantitative estimate of drug-likeness (QED) is 0.915. The van der Waals surface area contributed by atoms with Crippen LogP contribution in [0.25, 0.3) is 0 Å². The topological polar surface area (TPSA) is 32.7 Å². The van der Waals surface area contributed by atoms with Crippen LogP contribution in [0.5, 0.6) is 5.75 Å². The van der Waals surface area contributed by atoms with Crippen molar-refractivity contribution < 1.29 is 9.84 Å². The number of benzene rings is 1. The molecular weight excluding hydrogens is 250 g/mol. The van der Waals surface area contributed by atoms with Gasteiger partial charge in [-0.1, -0.05) is 18.5 Å². The van der Waals surface area contributed by atoms with Crippen LogP contribution in [0.15, 0.2) is 18.2 Å². The Bertz CT molecular complexity index is 411. The molecule has 0 bridgehead atoms. The highest BCUT2D eigenvalue weighted by molar-refractivity contribution is 6.30. The summed E-state index contributed by atoms with van der Waals surface area (Å²) in [5.41, 5.74) is 1.08. The molecule has 1 aliphatic heterocycles. The summed E-state index contributed by atoms with van der Waals surface area (Å²) in [5.74, 6) is 1.25. The largest absolute Gasteiger partial charge is 0.496 e. The maximum absolute atomic E-state index is 9.91. The Balaban J connectivity index is 2.07. The first kappa shape index (κ1) is 13.7. The molecule has 2 atom stereocenters. The van der Waals surface area contributed by atoms with Crippen molar-refractivity contribution in [3.63, 3.8) is 0 Å². The van der Waals surface area contributed by atoms with Gasteiger partial charge in [0, 0.05) is 23.7 Å². The first-order valence-corrected chi connectivity index (χ1v) is 6.70. The highest BCUT2D eigenvalue weighted by Crippen LogP contribution is 2.26. The molecule has 1 heterocycles. The second-order valence-corrected chi connectivity index (χ2v) is 5.46. The predicted molar refractivity (Wildman–Crippen MR) is 73.1 cm³/mol. The van der Waals surface area contributed by atoms with E-state index in [1.54, 1.807) is 7.11 Å². The van der Waals surface area contributed by atoms with Gasteiger partial charge in [0.1, 0.15) is 5.75 Å². The van der Waals surface area contributed by atoms with Gasteiger partial charge in [0.2, 0.25) is 0 Å². The Kier molecular flexibility index (Phi) is 4.49. The van der Waals surface area contributed by atoms with E-state index < -0.39 is 0 Å². The van der Waals surface area contributed by atoms with Gasteiger partial charge in [0.15, 0.2) is 0 Å². The van der Waals surface area contributed by atoms with E-state index in [0.717, 1.165) is 42.4 Å². The zero-order chi connectivity index (χ0) is 13.1. The average molecular weight is 270 g/mol. The summed E-state index contributed by atoms with van der Waals surface area (Å²) in [7, 11) is 1.67. The molecule has 3 nitrogen and oxygen atoms in total. The normalized spacial score (nSPS) is 25.1. The molecule has 100 valence electrons. The second-order valence-electron chi connectivity index (χ2n) is 5.02. The fourth-order valence-corrected chi connectivity index (χ4v) is 2.56. The number of ether oxygens (including phenoxy) is 1. The molecule has 0 aliphatic carbocycles. The van der Waals surface area contributed by atoms with Gasteiger partial charge < -0.3 is 9.84 Å². The fraction of sp³-hybridized carbons (Fsp3) is 0.571. The average Bonchev–Trinajstić information content (AvgIpc) is 2.34. The van der Waals surface area contributed by atoms with Crippen LogP contribution in [-0.2, 0) is 6.54 Å². The zero-order valence-electron chi connectivity index (χ0n) is 10.9. The molecule has 0 radical (unpaired) electrons. The van der Waals surface area contributed by atoms with E-state index in [1.807, 2.05) is 18.2 Å². The number of piperidine rings is 1. The van der Waals surface area contributed by atoms with Crippen molar-refractivity contribution in [3.05, 3.63) is 28.8 Å². The number of likely N-dealkylation sites (tertiary alicyclic amines) is 1. The molecule has 1 fully saturated rings. The Morgan fingerprint density at radius 2 is 2.28 bits per heavy atom. The van der Waals surface area contributed by atoms with Crippen molar-refractivity contribution in [2.75, 3.05) is 20.2 Å². The van der Waals surface area contributed by atoms with Crippen molar-refractivity contribution in [2.24, 2.45) is 5.92 Å². The lowest BCUT2D eigenvalue weighted by molar-refractivity contribution is 0.0256. The Morgan fingerprint density at radius 3 is 2.94 bits per heavy atom. The third kappa shape index (κ3) is 3.16. The minimum Gasteiger partial charge on any atom is -0.496 e. The summed E-state index contributed by atoms with van der Waals surface area (Å²) < 4.78 is 5.34. The van der Waals surface area contributed by atoms with Crippen LogP contribution >= 0.6 is 11.6 Å². The third-order valence-electron chi connectivity index (χ3n) is 3.64. The van der Waals surface area contributed by atoms with E-state index in [4.69, 9.17) is 16.3 Å². The maximum atomic E-state index is 9.91. The molecule has 2 unspecified atom stereocenters. The molecule has 2 rings (SSSR count). The molecule has 4 heteroatoms. The van der Waals surface area contributed by atoms with Crippen molar-refractivity contribution >= 4 is 11.6 Å². The summed E-state index contributed by atoms with van der Waals surface area (Å²) in [6.07, 6.45) is 0.799. The van der Waals surface area contributed by atoms with E-state index in [-0.39, 0.29) is 6.10 Å². The van der Waals surface area contributed by atoms with Crippen LogP contribution in [0.2, 0.25) is 5.02 Å². The monoisotopic (exact) mass is 269 g/mol. The van der Waals surface area contributed by atoms with Gasteiger partial charge >= 0.3 is 0 Å². The van der Waals surface area contributed by atoms with Crippen LogP contribution in [0, 0.1) is 5.92 Å². The minimum absolute atomic E-state index is 0.232. The van der Waals surface area contributed by atoms with E-state index in [9.17, 15) is 5.11 Å². The first-order chi connectivity index (χ1) is 8.60. The lowest BCUT2D eigenvalue weighted by Gasteiger charge is -2.34. The Morgan fingerprint density at radius 1 is 1.50 bits per heavy atom. The first-order valence-electron chi connectivity index (χ1n) is 6.33. The lowest BCUT2D eigenvalue weighted by Crippen LogP contribution is -2.42. The fourth-order valence-electron chi connectivity index (χ4n) is 2.37. The Labute approximate surface area is 113 Å². The molecule has 18 heavy (non-hydrogen) atoms. The van der Waals surface area contributed by atoms with Gasteiger partial charge in [-0.15, -0.1) is 0 Å². The van der Waals surface area contributed by atoms with Crippen LogP contribution in [0.1, 0.15) is 18.9 Å². The molecule has 0 spiro atoms. The second kappa shape index (κ2) is 5.91.